The van der Waals surface area contributed by atoms with E-state index in [1.165, 1.54) is 24.3 Å². The Labute approximate surface area is 137 Å². The van der Waals surface area contributed by atoms with Gasteiger partial charge in [-0.05, 0) is 23.8 Å². The molecule has 1 aromatic carbocycles. The van der Waals surface area contributed by atoms with E-state index in [1.807, 2.05) is 0 Å². The number of rotatable bonds is 4. The quantitative estimate of drug-likeness (QED) is 0.245. The molecule has 1 fully saturated rings. The smallest absolute Gasteiger partial charge is 0.244 e. The molecule has 1 aliphatic rings. The fraction of sp³-hybridized carbons (Fsp3) is 0.400. The maximum atomic E-state index is 11.9. The summed E-state index contributed by atoms with van der Waals surface area (Å²) < 4.78 is 4.92. The lowest BCUT2D eigenvalue weighted by Gasteiger charge is -2.40. The van der Waals surface area contributed by atoms with Crippen LogP contribution in [0, 0.1) is 0 Å². The third-order valence-electron chi connectivity index (χ3n) is 3.64. The van der Waals surface area contributed by atoms with Crippen molar-refractivity contribution in [2.45, 2.75) is 30.6 Å². The summed E-state index contributed by atoms with van der Waals surface area (Å²) in [6, 6.07) is 2.67. The first-order valence-electron chi connectivity index (χ1n) is 7.14. The molecular weight excluding hydrogens is 322 g/mol. The number of aliphatic hydroxyl groups excluding tert-OH is 4. The van der Waals surface area contributed by atoms with Crippen LogP contribution in [0.25, 0.3) is 6.08 Å². The van der Waals surface area contributed by atoms with Crippen molar-refractivity contribution in [2.75, 3.05) is 6.61 Å². The van der Waals surface area contributed by atoms with Crippen LogP contribution < -0.4 is 5.32 Å². The second kappa shape index (κ2) is 7.60. The van der Waals surface area contributed by atoms with Gasteiger partial charge < -0.3 is 40.7 Å². The van der Waals surface area contributed by atoms with E-state index in [4.69, 9.17) is 9.84 Å². The van der Waals surface area contributed by atoms with E-state index in [1.54, 1.807) is 0 Å². The van der Waals surface area contributed by atoms with Gasteiger partial charge in [0.2, 0.25) is 5.91 Å². The minimum atomic E-state index is -1.60. The van der Waals surface area contributed by atoms with Gasteiger partial charge >= 0.3 is 0 Å². The highest BCUT2D eigenvalue weighted by molar-refractivity contribution is 5.92. The van der Waals surface area contributed by atoms with Crippen molar-refractivity contribution in [1.82, 2.24) is 5.32 Å². The number of carbonyl (C=O) groups excluding carboxylic acids is 1. The second-order valence-electron chi connectivity index (χ2n) is 5.34. The van der Waals surface area contributed by atoms with Crippen LogP contribution in [0.2, 0.25) is 0 Å². The lowest BCUT2D eigenvalue weighted by molar-refractivity contribution is -0.253. The number of aromatic hydroxyl groups is 2. The molecule has 1 amide bonds. The van der Waals surface area contributed by atoms with E-state index in [0.29, 0.717) is 5.56 Å². The number of amides is 1. The fourth-order valence-corrected chi connectivity index (χ4v) is 2.28. The number of benzene rings is 1. The Balaban J connectivity index is 2.00. The molecule has 0 radical (unpaired) electrons. The molecule has 1 aliphatic heterocycles. The largest absolute Gasteiger partial charge is 0.504 e. The van der Waals surface area contributed by atoms with Crippen LogP contribution in [0.1, 0.15) is 5.56 Å². The summed E-state index contributed by atoms with van der Waals surface area (Å²) in [5, 5.41) is 59.2. The number of phenols is 2. The zero-order valence-corrected chi connectivity index (χ0v) is 12.5. The number of ether oxygens (including phenoxy) is 1. The summed E-state index contributed by atoms with van der Waals surface area (Å²) in [4.78, 5) is 11.9. The molecule has 0 spiro atoms. The molecule has 0 aliphatic carbocycles. The molecule has 24 heavy (non-hydrogen) atoms. The van der Waals surface area contributed by atoms with Gasteiger partial charge in [-0.1, -0.05) is 6.07 Å². The molecule has 9 heteroatoms. The van der Waals surface area contributed by atoms with Crippen molar-refractivity contribution in [3.05, 3.63) is 29.8 Å². The standard InChI is InChI=1S/C15H19NO8/c17-6-10-13(21)14(22)12(15(23)24-10)16-11(20)4-2-7-1-3-8(18)9(19)5-7/h1-5,10,12-15,17-19,21-23H,6H2,(H,16,20)/t10-,12-,13-,14-,15+/m1/s1. The molecule has 1 heterocycles. The molecular formula is C15H19NO8. The molecule has 2 rings (SSSR count). The Bertz CT molecular complexity index is 619. The Hall–Kier alpha value is -2.17. The second-order valence-corrected chi connectivity index (χ2v) is 5.34. The van der Waals surface area contributed by atoms with Gasteiger partial charge in [0.05, 0.1) is 6.61 Å². The molecule has 1 aromatic rings. The topological polar surface area (TPSA) is 160 Å². The van der Waals surface area contributed by atoms with Crippen LogP contribution in [0.3, 0.4) is 0 Å². The van der Waals surface area contributed by atoms with Crippen LogP contribution in [0.4, 0.5) is 0 Å². The maximum Gasteiger partial charge on any atom is 0.244 e. The van der Waals surface area contributed by atoms with Crippen molar-refractivity contribution in [3.63, 3.8) is 0 Å². The Morgan fingerprint density at radius 2 is 1.88 bits per heavy atom. The van der Waals surface area contributed by atoms with Gasteiger partial charge in [0.1, 0.15) is 24.4 Å². The van der Waals surface area contributed by atoms with E-state index >= 15 is 0 Å². The van der Waals surface area contributed by atoms with Crippen LogP contribution in [-0.4, -0.2) is 73.8 Å². The summed E-state index contributed by atoms with van der Waals surface area (Å²) >= 11 is 0. The van der Waals surface area contributed by atoms with Crippen molar-refractivity contribution < 1.29 is 40.2 Å². The summed E-state index contributed by atoms with van der Waals surface area (Å²) in [5.41, 5.74) is 0.432. The zero-order chi connectivity index (χ0) is 17.9. The van der Waals surface area contributed by atoms with Gasteiger partial charge in [-0.2, -0.15) is 0 Å². The van der Waals surface area contributed by atoms with Crippen LogP contribution >= 0.6 is 0 Å². The minimum absolute atomic E-state index is 0.297. The van der Waals surface area contributed by atoms with E-state index in [9.17, 15) is 30.3 Å². The Morgan fingerprint density at radius 1 is 1.17 bits per heavy atom. The predicted molar refractivity (Wildman–Crippen MR) is 80.7 cm³/mol. The molecule has 1 saturated heterocycles. The highest BCUT2D eigenvalue weighted by Crippen LogP contribution is 2.25. The van der Waals surface area contributed by atoms with Gasteiger partial charge in [-0.15, -0.1) is 0 Å². The highest BCUT2D eigenvalue weighted by Gasteiger charge is 2.44. The van der Waals surface area contributed by atoms with Gasteiger partial charge in [-0.25, -0.2) is 0 Å². The molecule has 0 saturated carbocycles. The lowest BCUT2D eigenvalue weighted by atomic mass is 9.97. The minimum Gasteiger partial charge on any atom is -0.504 e. The number of nitrogens with one attached hydrogen (secondary N) is 1. The van der Waals surface area contributed by atoms with E-state index in [-0.39, 0.29) is 11.5 Å². The normalized spacial score (nSPS) is 30.4. The number of hydrogen-bond donors (Lipinski definition) is 7. The third-order valence-corrected chi connectivity index (χ3v) is 3.64. The molecule has 132 valence electrons. The zero-order valence-electron chi connectivity index (χ0n) is 12.5. The van der Waals surface area contributed by atoms with Crippen LogP contribution in [0.15, 0.2) is 24.3 Å². The molecule has 0 aromatic heterocycles. The number of aliphatic hydroxyl groups is 4. The number of carbonyl (C=O) groups is 1. The number of phenolic OH excluding ortho intramolecular Hbond substituents is 2. The average molecular weight is 341 g/mol. The summed E-state index contributed by atoms with van der Waals surface area (Å²) in [5.74, 6) is -1.33. The van der Waals surface area contributed by atoms with Gasteiger partial charge in [0.25, 0.3) is 0 Å². The van der Waals surface area contributed by atoms with E-state index in [2.05, 4.69) is 5.32 Å². The monoisotopic (exact) mass is 341 g/mol. The first kappa shape index (κ1) is 18.2. The molecule has 7 N–H and O–H groups in total. The highest BCUT2D eigenvalue weighted by atomic mass is 16.6. The molecule has 5 atom stereocenters. The first-order chi connectivity index (χ1) is 11.3. The van der Waals surface area contributed by atoms with E-state index in [0.717, 1.165) is 6.08 Å². The maximum absolute atomic E-state index is 11.9. The number of hydrogen-bond acceptors (Lipinski definition) is 8. The fourth-order valence-electron chi connectivity index (χ4n) is 2.28. The van der Waals surface area contributed by atoms with Crippen LogP contribution in [-0.2, 0) is 9.53 Å². The Morgan fingerprint density at radius 3 is 2.50 bits per heavy atom. The summed E-state index contributed by atoms with van der Waals surface area (Å²) in [7, 11) is 0. The third kappa shape index (κ3) is 4.02. The van der Waals surface area contributed by atoms with Gasteiger partial charge in [-0.3, -0.25) is 4.79 Å². The van der Waals surface area contributed by atoms with E-state index < -0.39 is 43.2 Å². The molecule has 0 bridgehead atoms. The SMILES string of the molecule is O=C(C=Cc1ccc(O)c(O)c1)N[C@@H]1[C@@H](O)[C@H](O)[C@@H](CO)O[C@@H]1O. The first-order valence-corrected chi connectivity index (χ1v) is 7.14. The van der Waals surface area contributed by atoms with Crippen molar-refractivity contribution >= 4 is 12.0 Å². The van der Waals surface area contributed by atoms with Crippen molar-refractivity contribution in [3.8, 4) is 11.5 Å². The van der Waals surface area contributed by atoms with Gasteiger partial charge in [0, 0.05) is 6.08 Å². The van der Waals surface area contributed by atoms with Crippen molar-refractivity contribution in [1.29, 1.82) is 0 Å². The Kier molecular flexibility index (Phi) is 5.75. The molecule has 0 unspecified atom stereocenters. The van der Waals surface area contributed by atoms with Crippen molar-refractivity contribution in [2.24, 2.45) is 0 Å². The van der Waals surface area contributed by atoms with Crippen LogP contribution in [0.5, 0.6) is 11.5 Å². The summed E-state index contributed by atoms with van der Waals surface area (Å²) in [6.45, 7) is -0.597. The lowest BCUT2D eigenvalue weighted by Crippen LogP contribution is -2.64. The molecule has 9 nitrogen and oxygen atoms in total. The predicted octanol–water partition coefficient (Wildman–Crippen LogP) is -1.97. The summed E-state index contributed by atoms with van der Waals surface area (Å²) in [6.07, 6.45) is -3.34. The van der Waals surface area contributed by atoms with Gasteiger partial charge in [0.15, 0.2) is 17.8 Å². The average Bonchev–Trinajstić information content (AvgIpc) is 2.56.